The highest BCUT2D eigenvalue weighted by Gasteiger charge is 2.17. The van der Waals surface area contributed by atoms with Crippen molar-refractivity contribution in [3.63, 3.8) is 0 Å². The molecule has 160 valence electrons. The molecule has 0 saturated heterocycles. The number of hydrazine groups is 1. The van der Waals surface area contributed by atoms with Crippen LogP contribution in [0.5, 0.6) is 5.75 Å². The first-order chi connectivity index (χ1) is 14.5. The molecule has 0 aliphatic heterocycles. The minimum absolute atomic E-state index is 0.366. The Morgan fingerprint density at radius 2 is 1.50 bits per heavy atom. The molecule has 0 bridgehead atoms. The molecule has 0 radical (unpaired) electrons. The molecule has 30 heavy (non-hydrogen) atoms. The van der Waals surface area contributed by atoms with Crippen LogP contribution in [-0.4, -0.2) is 30.4 Å². The average Bonchev–Trinajstić information content (AvgIpc) is 2.78. The van der Waals surface area contributed by atoms with E-state index in [1.165, 1.54) is 19.8 Å². The predicted molar refractivity (Wildman–Crippen MR) is 115 cm³/mol. The van der Waals surface area contributed by atoms with Crippen molar-refractivity contribution in [2.45, 2.75) is 45.6 Å². The summed E-state index contributed by atoms with van der Waals surface area (Å²) < 4.78 is 5.65. The Balaban J connectivity index is 1.74. The van der Waals surface area contributed by atoms with Crippen molar-refractivity contribution in [1.82, 2.24) is 16.2 Å². The van der Waals surface area contributed by atoms with Gasteiger partial charge in [0.05, 0.1) is 6.61 Å². The van der Waals surface area contributed by atoms with Gasteiger partial charge in [0.2, 0.25) is 0 Å². The van der Waals surface area contributed by atoms with E-state index in [-0.39, 0.29) is 5.91 Å². The smallest absolute Gasteiger partial charge is 0.269 e. The molecule has 0 saturated carbocycles. The van der Waals surface area contributed by atoms with Gasteiger partial charge in [-0.15, -0.1) is 0 Å². The summed E-state index contributed by atoms with van der Waals surface area (Å²) in [5.74, 6) is -0.654. The zero-order valence-corrected chi connectivity index (χ0v) is 17.4. The summed E-state index contributed by atoms with van der Waals surface area (Å²) in [6.07, 6.45) is 4.52. The molecule has 3 amide bonds. The molecule has 1 unspecified atom stereocenters. The Labute approximate surface area is 177 Å². The second-order valence-corrected chi connectivity index (χ2v) is 6.94. The highest BCUT2D eigenvalue weighted by atomic mass is 16.5. The highest BCUT2D eigenvalue weighted by molar-refractivity contribution is 5.98. The topological polar surface area (TPSA) is 96.5 Å². The van der Waals surface area contributed by atoms with Crippen LogP contribution in [0.15, 0.2) is 54.6 Å². The molecule has 1 atom stereocenters. The van der Waals surface area contributed by atoms with Crippen molar-refractivity contribution < 1.29 is 19.1 Å². The number of hydrogen-bond donors (Lipinski definition) is 3. The number of ether oxygens (including phenoxy) is 1. The molecule has 7 nitrogen and oxygen atoms in total. The lowest BCUT2D eigenvalue weighted by atomic mass is 10.2. The number of carbonyl (C=O) groups excluding carboxylic acids is 3. The van der Waals surface area contributed by atoms with E-state index >= 15 is 0 Å². The monoisotopic (exact) mass is 411 g/mol. The standard InChI is InChI=1S/C23H29N3O4/c1-3-4-5-9-16-30-20-14-12-19(13-15-20)23(29)26-25-21(27)17(2)24-22(28)18-10-7-6-8-11-18/h6-8,10-15,17H,3-5,9,16H2,1-2H3,(H,24,28)(H,25,27)(H,26,29). The van der Waals surface area contributed by atoms with E-state index < -0.39 is 17.9 Å². The first kappa shape index (κ1) is 22.9. The second-order valence-electron chi connectivity index (χ2n) is 6.94. The summed E-state index contributed by atoms with van der Waals surface area (Å²) in [6.45, 7) is 4.34. The minimum atomic E-state index is -0.818. The van der Waals surface area contributed by atoms with Gasteiger partial charge in [0.1, 0.15) is 11.8 Å². The summed E-state index contributed by atoms with van der Waals surface area (Å²) in [6, 6.07) is 14.5. The normalized spacial score (nSPS) is 11.3. The molecule has 0 aliphatic rings. The molecule has 2 aromatic carbocycles. The summed E-state index contributed by atoms with van der Waals surface area (Å²) >= 11 is 0. The SMILES string of the molecule is CCCCCCOc1ccc(C(=O)NNC(=O)C(C)NC(=O)c2ccccc2)cc1. The third kappa shape index (κ3) is 7.58. The van der Waals surface area contributed by atoms with Gasteiger partial charge in [-0.3, -0.25) is 25.2 Å². The Morgan fingerprint density at radius 3 is 2.17 bits per heavy atom. The van der Waals surface area contributed by atoms with Crippen molar-refractivity contribution in [2.24, 2.45) is 0 Å². The van der Waals surface area contributed by atoms with Crippen LogP contribution in [0.1, 0.15) is 60.2 Å². The number of nitrogens with one attached hydrogen (secondary N) is 3. The fraction of sp³-hybridized carbons (Fsp3) is 0.348. The molecule has 0 spiro atoms. The van der Waals surface area contributed by atoms with Crippen molar-refractivity contribution in [3.05, 3.63) is 65.7 Å². The van der Waals surface area contributed by atoms with Crippen molar-refractivity contribution in [1.29, 1.82) is 0 Å². The number of hydrogen-bond acceptors (Lipinski definition) is 4. The molecule has 0 aliphatic carbocycles. The van der Waals surface area contributed by atoms with Crippen LogP contribution in [0.4, 0.5) is 0 Å². The van der Waals surface area contributed by atoms with Gasteiger partial charge < -0.3 is 10.1 Å². The van der Waals surface area contributed by atoms with Gasteiger partial charge in [0.15, 0.2) is 0 Å². The lowest BCUT2D eigenvalue weighted by Gasteiger charge is -2.15. The maximum absolute atomic E-state index is 12.2. The Hall–Kier alpha value is -3.35. The molecule has 0 aromatic heterocycles. The van der Waals surface area contributed by atoms with Gasteiger partial charge in [-0.25, -0.2) is 0 Å². The maximum Gasteiger partial charge on any atom is 0.269 e. The first-order valence-corrected chi connectivity index (χ1v) is 10.2. The fourth-order valence-electron chi connectivity index (χ4n) is 2.66. The van der Waals surface area contributed by atoms with Gasteiger partial charge in [-0.05, 0) is 49.7 Å². The number of benzene rings is 2. The van der Waals surface area contributed by atoms with Crippen LogP contribution in [-0.2, 0) is 4.79 Å². The third-order valence-corrected chi connectivity index (χ3v) is 4.46. The maximum atomic E-state index is 12.2. The Kier molecular flexibility index (Phi) is 9.37. The van der Waals surface area contributed by atoms with Crippen molar-refractivity contribution >= 4 is 17.7 Å². The van der Waals surface area contributed by atoms with E-state index in [0.717, 1.165) is 12.8 Å². The minimum Gasteiger partial charge on any atom is -0.494 e. The molecule has 0 heterocycles. The molecule has 0 fully saturated rings. The molecule has 2 rings (SSSR count). The number of carbonyl (C=O) groups is 3. The highest BCUT2D eigenvalue weighted by Crippen LogP contribution is 2.13. The zero-order chi connectivity index (χ0) is 21.8. The van der Waals surface area contributed by atoms with Gasteiger partial charge in [0.25, 0.3) is 17.7 Å². The van der Waals surface area contributed by atoms with E-state index in [9.17, 15) is 14.4 Å². The second kappa shape index (κ2) is 12.3. The van der Waals surface area contributed by atoms with Gasteiger partial charge in [-0.1, -0.05) is 44.4 Å². The van der Waals surface area contributed by atoms with Gasteiger partial charge >= 0.3 is 0 Å². The molecular formula is C23H29N3O4. The van der Waals surface area contributed by atoms with Crippen LogP contribution in [0, 0.1) is 0 Å². The number of rotatable bonds is 10. The Morgan fingerprint density at radius 1 is 0.833 bits per heavy atom. The quantitative estimate of drug-likeness (QED) is 0.413. The van der Waals surface area contributed by atoms with E-state index in [1.54, 1.807) is 54.6 Å². The summed E-state index contributed by atoms with van der Waals surface area (Å²) in [7, 11) is 0. The van der Waals surface area contributed by atoms with E-state index in [0.29, 0.717) is 23.5 Å². The Bertz CT molecular complexity index is 822. The largest absolute Gasteiger partial charge is 0.494 e. The average molecular weight is 412 g/mol. The predicted octanol–water partition coefficient (Wildman–Crippen LogP) is 3.23. The number of unbranched alkanes of at least 4 members (excludes halogenated alkanes) is 3. The van der Waals surface area contributed by atoms with E-state index in [2.05, 4.69) is 23.1 Å². The summed E-state index contributed by atoms with van der Waals surface area (Å²) in [5.41, 5.74) is 5.51. The summed E-state index contributed by atoms with van der Waals surface area (Å²) in [5, 5.41) is 2.58. The van der Waals surface area contributed by atoms with Crippen LogP contribution in [0.25, 0.3) is 0 Å². The van der Waals surface area contributed by atoms with E-state index in [4.69, 9.17) is 4.74 Å². The zero-order valence-electron chi connectivity index (χ0n) is 17.4. The van der Waals surface area contributed by atoms with Crippen LogP contribution in [0.3, 0.4) is 0 Å². The molecular weight excluding hydrogens is 382 g/mol. The van der Waals surface area contributed by atoms with Gasteiger partial charge in [-0.2, -0.15) is 0 Å². The van der Waals surface area contributed by atoms with Crippen LogP contribution < -0.4 is 20.9 Å². The fourth-order valence-corrected chi connectivity index (χ4v) is 2.66. The molecule has 3 N–H and O–H groups in total. The first-order valence-electron chi connectivity index (χ1n) is 10.2. The van der Waals surface area contributed by atoms with Crippen molar-refractivity contribution in [3.8, 4) is 5.75 Å². The number of amides is 3. The lowest BCUT2D eigenvalue weighted by molar-refractivity contribution is -0.123. The third-order valence-electron chi connectivity index (χ3n) is 4.46. The lowest BCUT2D eigenvalue weighted by Crippen LogP contribution is -2.51. The van der Waals surface area contributed by atoms with Crippen LogP contribution >= 0.6 is 0 Å². The summed E-state index contributed by atoms with van der Waals surface area (Å²) in [4.78, 5) is 36.4. The molecule has 2 aromatic rings. The van der Waals surface area contributed by atoms with Crippen LogP contribution in [0.2, 0.25) is 0 Å². The molecule has 7 heteroatoms. The van der Waals surface area contributed by atoms with Gasteiger partial charge in [0, 0.05) is 11.1 Å². The van der Waals surface area contributed by atoms with Crippen molar-refractivity contribution in [2.75, 3.05) is 6.61 Å². The van der Waals surface area contributed by atoms with E-state index in [1.807, 2.05) is 0 Å².